The molecular weight excluding hydrogens is 216 g/mol. The molecule has 0 aromatic rings. The number of hydrogen-bond donors (Lipinski definition) is 2. The lowest BCUT2D eigenvalue weighted by Crippen LogP contribution is -2.45. The number of rotatable bonds is 1. The van der Waals surface area contributed by atoms with Crippen LogP contribution in [0.2, 0.25) is 0 Å². The van der Waals surface area contributed by atoms with Gasteiger partial charge in [0, 0.05) is 19.6 Å². The van der Waals surface area contributed by atoms with Crippen molar-refractivity contribution in [2.24, 2.45) is 0 Å². The molecule has 0 spiro atoms. The van der Waals surface area contributed by atoms with Gasteiger partial charge in [0.2, 0.25) is 5.91 Å². The molecule has 15 heavy (non-hydrogen) atoms. The summed E-state index contributed by atoms with van der Waals surface area (Å²) in [6, 6.07) is -0.136. The van der Waals surface area contributed by atoms with Crippen LogP contribution in [0, 0.1) is 0 Å². The Morgan fingerprint density at radius 2 is 1.93 bits per heavy atom. The number of β-amino-alcohol motifs (C(OH)–C–C–N with tert-alkyl or cyclic N) is 1. The van der Waals surface area contributed by atoms with Crippen molar-refractivity contribution in [3.63, 3.8) is 0 Å². The smallest absolute Gasteiger partial charge is 0.239 e. The highest BCUT2D eigenvalue weighted by Crippen LogP contribution is 2.14. The van der Waals surface area contributed by atoms with Crippen molar-refractivity contribution in [1.29, 1.82) is 0 Å². The predicted octanol–water partition coefficient (Wildman–Crippen LogP) is 0.143. The molecule has 0 aliphatic carbocycles. The quantitative estimate of drug-likeness (QED) is 0.679. The predicted molar refractivity (Wildman–Crippen MR) is 60.1 cm³/mol. The second-order valence-corrected chi connectivity index (χ2v) is 4.24. The highest BCUT2D eigenvalue weighted by Gasteiger charge is 2.31. The van der Waals surface area contributed by atoms with Gasteiger partial charge < -0.3 is 15.3 Å². The van der Waals surface area contributed by atoms with E-state index in [0.29, 0.717) is 13.0 Å². The summed E-state index contributed by atoms with van der Waals surface area (Å²) in [5.74, 6) is 0.182. The number of aliphatic hydroxyl groups excluding tert-OH is 1. The minimum absolute atomic E-state index is 0. The number of carbonyl (C=O) groups excluding carboxylic acids is 1. The molecule has 2 aliphatic rings. The van der Waals surface area contributed by atoms with Gasteiger partial charge in [-0.1, -0.05) is 0 Å². The molecule has 0 aromatic carbocycles. The van der Waals surface area contributed by atoms with Crippen LogP contribution >= 0.6 is 12.4 Å². The summed E-state index contributed by atoms with van der Waals surface area (Å²) in [4.78, 5) is 13.8. The summed E-state index contributed by atoms with van der Waals surface area (Å²) in [7, 11) is 0. The maximum Gasteiger partial charge on any atom is 0.239 e. The van der Waals surface area contributed by atoms with Gasteiger partial charge in [0.25, 0.3) is 0 Å². The van der Waals surface area contributed by atoms with Gasteiger partial charge in [-0.25, -0.2) is 0 Å². The Bertz CT molecular complexity index is 213. The highest BCUT2D eigenvalue weighted by molar-refractivity contribution is 5.85. The normalized spacial score (nSPS) is 31.1. The van der Waals surface area contributed by atoms with Crippen LogP contribution in [-0.2, 0) is 4.79 Å². The van der Waals surface area contributed by atoms with E-state index in [2.05, 4.69) is 5.32 Å². The van der Waals surface area contributed by atoms with Crippen LogP contribution in [0.4, 0.5) is 0 Å². The monoisotopic (exact) mass is 234 g/mol. The Kier molecular flexibility index (Phi) is 4.83. The van der Waals surface area contributed by atoms with E-state index in [-0.39, 0.29) is 30.5 Å². The Morgan fingerprint density at radius 1 is 1.27 bits per heavy atom. The molecule has 2 fully saturated rings. The molecule has 5 heteroatoms. The third-order valence-corrected chi connectivity index (χ3v) is 3.07. The van der Waals surface area contributed by atoms with E-state index in [9.17, 15) is 9.90 Å². The SMILES string of the molecule is Cl.O=C([C@H]1C[C@H](O)CN1)N1CCCCC1. The van der Waals surface area contributed by atoms with Gasteiger partial charge in [-0.2, -0.15) is 0 Å². The van der Waals surface area contributed by atoms with Crippen molar-refractivity contribution >= 4 is 18.3 Å². The largest absolute Gasteiger partial charge is 0.392 e. The first-order valence-electron chi connectivity index (χ1n) is 5.47. The van der Waals surface area contributed by atoms with Crippen LogP contribution in [0.3, 0.4) is 0 Å². The second-order valence-electron chi connectivity index (χ2n) is 4.24. The third kappa shape index (κ3) is 3.06. The van der Waals surface area contributed by atoms with Crippen molar-refractivity contribution < 1.29 is 9.90 Å². The molecule has 2 heterocycles. The molecule has 2 N–H and O–H groups in total. The first-order chi connectivity index (χ1) is 6.77. The number of likely N-dealkylation sites (tertiary alicyclic amines) is 1. The van der Waals surface area contributed by atoms with Crippen molar-refractivity contribution in [2.45, 2.75) is 37.8 Å². The van der Waals surface area contributed by atoms with Crippen LogP contribution in [0.15, 0.2) is 0 Å². The summed E-state index contributed by atoms with van der Waals surface area (Å²) in [5.41, 5.74) is 0. The van der Waals surface area contributed by atoms with E-state index in [1.807, 2.05) is 4.90 Å². The molecule has 2 rings (SSSR count). The Labute approximate surface area is 96.4 Å². The van der Waals surface area contributed by atoms with Crippen LogP contribution in [-0.4, -0.2) is 47.7 Å². The van der Waals surface area contributed by atoms with Crippen LogP contribution in [0.1, 0.15) is 25.7 Å². The molecule has 0 radical (unpaired) electrons. The molecule has 2 aliphatic heterocycles. The molecular formula is C10H19ClN2O2. The zero-order valence-corrected chi connectivity index (χ0v) is 9.63. The van der Waals surface area contributed by atoms with Gasteiger partial charge in [-0.05, 0) is 25.7 Å². The topological polar surface area (TPSA) is 52.6 Å². The fourth-order valence-corrected chi connectivity index (χ4v) is 2.24. The Hall–Kier alpha value is -0.320. The lowest BCUT2D eigenvalue weighted by Gasteiger charge is -2.29. The van der Waals surface area contributed by atoms with Crippen molar-refractivity contribution in [1.82, 2.24) is 10.2 Å². The zero-order chi connectivity index (χ0) is 9.97. The average Bonchev–Trinajstić information content (AvgIpc) is 2.65. The highest BCUT2D eigenvalue weighted by atomic mass is 35.5. The Balaban J connectivity index is 0.00000112. The van der Waals surface area contributed by atoms with Crippen LogP contribution < -0.4 is 5.32 Å². The lowest BCUT2D eigenvalue weighted by molar-refractivity contribution is -0.134. The van der Waals surface area contributed by atoms with Gasteiger partial charge in [0.15, 0.2) is 0 Å². The molecule has 0 saturated carbocycles. The van der Waals surface area contributed by atoms with Gasteiger partial charge in [-0.3, -0.25) is 4.79 Å². The van der Waals surface area contributed by atoms with Crippen LogP contribution in [0.5, 0.6) is 0 Å². The minimum atomic E-state index is -0.339. The van der Waals surface area contributed by atoms with E-state index >= 15 is 0 Å². The standard InChI is InChI=1S/C10H18N2O2.ClH/c13-8-6-9(11-7-8)10(14)12-4-2-1-3-5-12;/h8-9,11,13H,1-7H2;1H/t8-,9+;/m0./s1. The number of amides is 1. The fourth-order valence-electron chi connectivity index (χ4n) is 2.24. The van der Waals surface area contributed by atoms with Crippen molar-refractivity contribution in [2.75, 3.05) is 19.6 Å². The van der Waals surface area contributed by atoms with Crippen molar-refractivity contribution in [3.05, 3.63) is 0 Å². The summed E-state index contributed by atoms with van der Waals surface area (Å²) in [6.45, 7) is 2.35. The fraction of sp³-hybridized carbons (Fsp3) is 0.900. The first-order valence-corrected chi connectivity index (χ1v) is 5.47. The molecule has 4 nitrogen and oxygen atoms in total. The first kappa shape index (κ1) is 12.7. The molecule has 0 bridgehead atoms. The molecule has 0 aromatic heterocycles. The lowest BCUT2D eigenvalue weighted by atomic mass is 10.1. The molecule has 0 unspecified atom stereocenters. The maximum atomic E-state index is 11.9. The number of aliphatic hydroxyl groups is 1. The summed E-state index contributed by atoms with van der Waals surface area (Å²) in [6.07, 6.45) is 3.73. The number of carbonyl (C=O) groups is 1. The van der Waals surface area contributed by atoms with Crippen LogP contribution in [0.25, 0.3) is 0 Å². The van der Waals surface area contributed by atoms with Gasteiger partial charge in [-0.15, -0.1) is 12.4 Å². The summed E-state index contributed by atoms with van der Waals surface area (Å²) >= 11 is 0. The van der Waals surface area contributed by atoms with Gasteiger partial charge >= 0.3 is 0 Å². The summed E-state index contributed by atoms with van der Waals surface area (Å²) < 4.78 is 0. The number of piperidine rings is 1. The summed E-state index contributed by atoms with van der Waals surface area (Å²) in [5, 5.41) is 12.4. The van der Waals surface area contributed by atoms with E-state index in [0.717, 1.165) is 25.9 Å². The number of nitrogens with one attached hydrogen (secondary N) is 1. The van der Waals surface area contributed by atoms with Gasteiger partial charge in [0.05, 0.1) is 12.1 Å². The number of halogens is 1. The van der Waals surface area contributed by atoms with E-state index in [1.54, 1.807) is 0 Å². The minimum Gasteiger partial charge on any atom is -0.392 e. The number of nitrogens with zero attached hydrogens (tertiary/aromatic N) is 1. The molecule has 88 valence electrons. The zero-order valence-electron chi connectivity index (χ0n) is 8.82. The van der Waals surface area contributed by atoms with Gasteiger partial charge in [0.1, 0.15) is 0 Å². The second kappa shape index (κ2) is 5.68. The third-order valence-electron chi connectivity index (χ3n) is 3.07. The van der Waals surface area contributed by atoms with E-state index < -0.39 is 0 Å². The van der Waals surface area contributed by atoms with E-state index in [4.69, 9.17) is 0 Å². The molecule has 2 saturated heterocycles. The molecule has 1 amide bonds. The van der Waals surface area contributed by atoms with E-state index in [1.165, 1.54) is 6.42 Å². The average molecular weight is 235 g/mol. The van der Waals surface area contributed by atoms with Crippen molar-refractivity contribution in [3.8, 4) is 0 Å². The maximum absolute atomic E-state index is 11.9. The molecule has 2 atom stereocenters. The number of hydrogen-bond acceptors (Lipinski definition) is 3. The Morgan fingerprint density at radius 3 is 2.47 bits per heavy atom.